The highest BCUT2D eigenvalue weighted by atomic mass is 35.5. The summed E-state index contributed by atoms with van der Waals surface area (Å²) in [4.78, 5) is 14.6. The van der Waals surface area contributed by atoms with Gasteiger partial charge >= 0.3 is 0 Å². The quantitative estimate of drug-likeness (QED) is 0.650. The van der Waals surface area contributed by atoms with Crippen molar-refractivity contribution in [3.8, 4) is 11.5 Å². The van der Waals surface area contributed by atoms with E-state index in [0.717, 1.165) is 0 Å². The smallest absolute Gasteiger partial charge is 0.258 e. The van der Waals surface area contributed by atoms with Crippen molar-refractivity contribution in [3.63, 3.8) is 0 Å². The van der Waals surface area contributed by atoms with Crippen LogP contribution in [0.15, 0.2) is 39.2 Å². The number of benzene rings is 1. The Kier molecular flexibility index (Phi) is 5.13. The number of amides is 1. The fourth-order valence-corrected chi connectivity index (χ4v) is 2.91. The molecule has 0 atom stereocenters. The van der Waals surface area contributed by atoms with E-state index in [1.165, 1.54) is 0 Å². The Morgan fingerprint density at radius 2 is 1.92 bits per heavy atom. The first-order valence-corrected chi connectivity index (χ1v) is 8.70. The van der Waals surface area contributed by atoms with Crippen LogP contribution in [0.25, 0.3) is 11.5 Å². The van der Waals surface area contributed by atoms with Gasteiger partial charge in [0, 0.05) is 6.04 Å². The lowest BCUT2D eigenvalue weighted by molar-refractivity contribution is 0.0670. The summed E-state index contributed by atoms with van der Waals surface area (Å²) < 4.78 is 11.2. The van der Waals surface area contributed by atoms with Crippen molar-refractivity contribution in [1.82, 2.24) is 15.1 Å². The summed E-state index contributed by atoms with van der Waals surface area (Å²) in [5, 5.41) is 8.65. The van der Waals surface area contributed by atoms with Crippen LogP contribution < -0.4 is 0 Å². The van der Waals surface area contributed by atoms with E-state index in [1.807, 2.05) is 39.0 Å². The predicted molar refractivity (Wildman–Crippen MR) is 97.9 cm³/mol. The number of aromatic nitrogens is 2. The van der Waals surface area contributed by atoms with Crippen molar-refractivity contribution in [2.75, 3.05) is 0 Å². The zero-order valence-electron chi connectivity index (χ0n) is 15.1. The molecule has 0 aliphatic heterocycles. The molecular weight excluding hydrogens is 354 g/mol. The summed E-state index contributed by atoms with van der Waals surface area (Å²) in [6.07, 6.45) is 0. The van der Waals surface area contributed by atoms with Crippen molar-refractivity contribution >= 4 is 17.5 Å². The second kappa shape index (κ2) is 7.33. The number of carbonyl (C=O) groups is 1. The van der Waals surface area contributed by atoms with E-state index < -0.39 is 0 Å². The average molecular weight is 374 g/mol. The van der Waals surface area contributed by atoms with Gasteiger partial charge in [-0.05, 0) is 45.9 Å². The Balaban J connectivity index is 1.84. The second-order valence-corrected chi connectivity index (χ2v) is 6.74. The van der Waals surface area contributed by atoms with Gasteiger partial charge in [0.05, 0.1) is 22.7 Å². The zero-order valence-corrected chi connectivity index (χ0v) is 15.9. The number of aryl methyl sites for hydroxylation is 2. The standard InChI is InChI=1S/C19H20ClN3O3/c1-11(2)23(19(24)15-9-12(3)25-13(15)4)10-17-21-22-18(26-17)14-7-5-6-8-16(14)20/h5-9,11H,10H2,1-4H3. The number of carbonyl (C=O) groups excluding carboxylic acids is 1. The number of rotatable bonds is 5. The molecule has 2 aromatic heterocycles. The molecule has 0 saturated carbocycles. The van der Waals surface area contributed by atoms with Crippen LogP contribution in [0.4, 0.5) is 0 Å². The van der Waals surface area contributed by atoms with Gasteiger partial charge in [-0.3, -0.25) is 4.79 Å². The molecule has 136 valence electrons. The van der Waals surface area contributed by atoms with Crippen LogP contribution in [0.3, 0.4) is 0 Å². The first-order valence-electron chi connectivity index (χ1n) is 8.32. The Labute approximate surface area is 156 Å². The van der Waals surface area contributed by atoms with E-state index in [2.05, 4.69) is 10.2 Å². The molecule has 0 aliphatic rings. The van der Waals surface area contributed by atoms with Gasteiger partial charge in [-0.2, -0.15) is 0 Å². The van der Waals surface area contributed by atoms with Crippen LogP contribution in [-0.4, -0.2) is 27.0 Å². The fraction of sp³-hybridized carbons (Fsp3) is 0.316. The molecule has 0 saturated heterocycles. The van der Waals surface area contributed by atoms with Gasteiger partial charge < -0.3 is 13.7 Å². The molecule has 6 nitrogen and oxygen atoms in total. The minimum Gasteiger partial charge on any atom is -0.466 e. The lowest BCUT2D eigenvalue weighted by atomic mass is 10.2. The molecule has 0 unspecified atom stereocenters. The minimum atomic E-state index is -0.133. The molecule has 0 fully saturated rings. The van der Waals surface area contributed by atoms with E-state index in [4.69, 9.17) is 20.4 Å². The normalized spacial score (nSPS) is 11.2. The van der Waals surface area contributed by atoms with E-state index in [9.17, 15) is 4.79 Å². The molecule has 0 aliphatic carbocycles. The minimum absolute atomic E-state index is 0.0484. The molecule has 1 aromatic carbocycles. The summed E-state index contributed by atoms with van der Waals surface area (Å²) in [5.74, 6) is 1.84. The number of halogens is 1. The topological polar surface area (TPSA) is 72.4 Å². The van der Waals surface area contributed by atoms with Crippen LogP contribution >= 0.6 is 11.6 Å². The lowest BCUT2D eigenvalue weighted by Gasteiger charge is -2.24. The van der Waals surface area contributed by atoms with Gasteiger partial charge in [0.1, 0.15) is 11.5 Å². The van der Waals surface area contributed by atoms with Gasteiger partial charge in [-0.15, -0.1) is 10.2 Å². The summed E-state index contributed by atoms with van der Waals surface area (Å²) >= 11 is 6.17. The number of hydrogen-bond acceptors (Lipinski definition) is 5. The molecule has 2 heterocycles. The van der Waals surface area contributed by atoms with Crippen LogP contribution in [0.1, 0.15) is 41.6 Å². The molecule has 3 rings (SSSR count). The molecule has 0 radical (unpaired) electrons. The van der Waals surface area contributed by atoms with Crippen molar-refractivity contribution in [1.29, 1.82) is 0 Å². The highest BCUT2D eigenvalue weighted by Crippen LogP contribution is 2.27. The third-order valence-corrected chi connectivity index (χ3v) is 4.36. The van der Waals surface area contributed by atoms with Gasteiger partial charge in [-0.1, -0.05) is 23.7 Å². The average Bonchev–Trinajstić information content (AvgIpc) is 3.18. The predicted octanol–water partition coefficient (Wildman–Crippen LogP) is 4.65. The summed E-state index contributed by atoms with van der Waals surface area (Å²) in [6, 6.07) is 8.94. The molecule has 0 N–H and O–H groups in total. The third kappa shape index (κ3) is 3.65. The highest BCUT2D eigenvalue weighted by Gasteiger charge is 2.25. The number of nitrogens with zero attached hydrogens (tertiary/aromatic N) is 3. The first-order chi connectivity index (χ1) is 12.4. The van der Waals surface area contributed by atoms with Crippen LogP contribution in [0.5, 0.6) is 0 Å². The zero-order chi connectivity index (χ0) is 18.8. The van der Waals surface area contributed by atoms with E-state index in [1.54, 1.807) is 24.0 Å². The summed E-state index contributed by atoms with van der Waals surface area (Å²) in [6.45, 7) is 7.67. The molecule has 0 spiro atoms. The molecule has 7 heteroatoms. The number of hydrogen-bond donors (Lipinski definition) is 0. The molecule has 26 heavy (non-hydrogen) atoms. The Bertz CT molecular complexity index is 930. The third-order valence-electron chi connectivity index (χ3n) is 4.03. The van der Waals surface area contributed by atoms with Crippen molar-refractivity contribution in [2.45, 2.75) is 40.3 Å². The largest absolute Gasteiger partial charge is 0.466 e. The van der Waals surface area contributed by atoms with Gasteiger partial charge in [0.15, 0.2) is 0 Å². The highest BCUT2D eigenvalue weighted by molar-refractivity contribution is 6.33. The van der Waals surface area contributed by atoms with E-state index in [-0.39, 0.29) is 18.5 Å². The van der Waals surface area contributed by atoms with Gasteiger partial charge in [0.25, 0.3) is 5.91 Å². The maximum Gasteiger partial charge on any atom is 0.258 e. The Hall–Kier alpha value is -2.60. The second-order valence-electron chi connectivity index (χ2n) is 6.33. The maximum absolute atomic E-state index is 12.9. The van der Waals surface area contributed by atoms with Gasteiger partial charge in [-0.25, -0.2) is 0 Å². The van der Waals surface area contributed by atoms with Crippen LogP contribution in [-0.2, 0) is 6.54 Å². The molecular formula is C19H20ClN3O3. The maximum atomic E-state index is 12.9. The molecule has 3 aromatic rings. The van der Waals surface area contributed by atoms with Crippen molar-refractivity contribution < 1.29 is 13.6 Å². The van der Waals surface area contributed by atoms with E-state index >= 15 is 0 Å². The van der Waals surface area contributed by atoms with Gasteiger partial charge in [0.2, 0.25) is 11.8 Å². The number of furan rings is 1. The summed E-state index contributed by atoms with van der Waals surface area (Å²) in [7, 11) is 0. The van der Waals surface area contributed by atoms with Crippen LogP contribution in [0, 0.1) is 13.8 Å². The molecule has 1 amide bonds. The Morgan fingerprint density at radius 3 is 2.54 bits per heavy atom. The lowest BCUT2D eigenvalue weighted by Crippen LogP contribution is -2.36. The van der Waals surface area contributed by atoms with Crippen LogP contribution in [0.2, 0.25) is 5.02 Å². The van der Waals surface area contributed by atoms with E-state index in [0.29, 0.717) is 39.5 Å². The van der Waals surface area contributed by atoms with Crippen molar-refractivity contribution in [2.24, 2.45) is 0 Å². The summed E-state index contributed by atoms with van der Waals surface area (Å²) in [5.41, 5.74) is 1.21. The SMILES string of the molecule is Cc1cc(C(=O)N(Cc2nnc(-c3ccccc3Cl)o2)C(C)C)c(C)o1. The first kappa shape index (κ1) is 18.2. The fourth-order valence-electron chi connectivity index (χ4n) is 2.69. The monoisotopic (exact) mass is 373 g/mol. The Morgan fingerprint density at radius 1 is 1.19 bits per heavy atom. The van der Waals surface area contributed by atoms with Crippen molar-refractivity contribution in [3.05, 3.63) is 58.3 Å². The molecule has 0 bridgehead atoms.